The van der Waals surface area contributed by atoms with Crippen LogP contribution in [0.3, 0.4) is 0 Å². The van der Waals surface area contributed by atoms with Crippen molar-refractivity contribution in [1.82, 2.24) is 0 Å². The lowest BCUT2D eigenvalue weighted by Gasteiger charge is -2.33. The van der Waals surface area contributed by atoms with E-state index in [-0.39, 0.29) is 0 Å². The van der Waals surface area contributed by atoms with E-state index in [9.17, 15) is 0 Å². The van der Waals surface area contributed by atoms with Gasteiger partial charge in [-0.05, 0) is 128 Å². The van der Waals surface area contributed by atoms with Gasteiger partial charge in [-0.2, -0.15) is 0 Å². The van der Waals surface area contributed by atoms with Crippen molar-refractivity contribution in [2.24, 2.45) is 0 Å². The number of anilines is 3. The maximum atomic E-state index is 6.48. The minimum atomic E-state index is -0.447. The molecule has 1 aliphatic carbocycles. The molecule has 0 bridgehead atoms. The lowest BCUT2D eigenvalue weighted by Crippen LogP contribution is -2.28. The summed E-state index contributed by atoms with van der Waals surface area (Å²) in [6.45, 7) is 0. The molecule has 328 valence electrons. The Kier molecular flexibility index (Phi) is 9.11. The zero-order valence-electron chi connectivity index (χ0n) is 38.1. The number of hydrogen-bond acceptors (Lipinski definition) is 3. The molecule has 13 aromatic rings. The molecule has 2 aromatic heterocycles. The van der Waals surface area contributed by atoms with Crippen molar-refractivity contribution in [3.63, 3.8) is 0 Å². The molecule has 0 unspecified atom stereocenters. The quantitative estimate of drug-likeness (QED) is 0.152. The Morgan fingerprint density at radius 1 is 0.271 bits per heavy atom. The lowest BCUT2D eigenvalue weighted by molar-refractivity contribution is 0.669. The summed E-state index contributed by atoms with van der Waals surface area (Å²) >= 11 is 0. The number of furan rings is 2. The third-order valence-corrected chi connectivity index (χ3v) is 14.6. The van der Waals surface area contributed by atoms with Crippen LogP contribution in [0.25, 0.3) is 88.4 Å². The number of fused-ring (bicyclic) bond motifs is 9. The van der Waals surface area contributed by atoms with Crippen molar-refractivity contribution in [3.8, 4) is 44.5 Å². The van der Waals surface area contributed by atoms with Gasteiger partial charge in [0.05, 0.1) is 5.41 Å². The number of para-hydroxylation sites is 3. The molecule has 0 radical (unpaired) electrons. The van der Waals surface area contributed by atoms with E-state index in [1.165, 1.54) is 33.4 Å². The molecule has 0 saturated heterocycles. The van der Waals surface area contributed by atoms with Crippen molar-refractivity contribution in [2.45, 2.75) is 5.41 Å². The summed E-state index contributed by atoms with van der Waals surface area (Å²) < 4.78 is 12.8. The van der Waals surface area contributed by atoms with Gasteiger partial charge in [-0.15, -0.1) is 0 Å². The fraction of sp³-hybridized carbons (Fsp3) is 0.0149. The first-order valence-corrected chi connectivity index (χ1v) is 24.0. The minimum Gasteiger partial charge on any atom is -0.456 e. The van der Waals surface area contributed by atoms with Gasteiger partial charge in [0.1, 0.15) is 22.3 Å². The summed E-state index contributed by atoms with van der Waals surface area (Å²) in [5, 5.41) is 4.51. The highest BCUT2D eigenvalue weighted by Gasteiger charge is 2.46. The Labute approximate surface area is 405 Å². The maximum absolute atomic E-state index is 6.48. The van der Waals surface area contributed by atoms with Gasteiger partial charge in [0.15, 0.2) is 0 Å². The molecular weight excluding hydrogens is 851 g/mol. The lowest BCUT2D eigenvalue weighted by atomic mass is 9.67. The van der Waals surface area contributed by atoms with Crippen molar-refractivity contribution in [1.29, 1.82) is 0 Å². The molecule has 0 atom stereocenters. The molecule has 70 heavy (non-hydrogen) atoms. The third-order valence-electron chi connectivity index (χ3n) is 14.6. The first-order valence-electron chi connectivity index (χ1n) is 24.0. The summed E-state index contributed by atoms with van der Waals surface area (Å²) in [6.07, 6.45) is 0. The number of benzene rings is 11. The van der Waals surface area contributed by atoms with Crippen LogP contribution in [-0.2, 0) is 5.41 Å². The van der Waals surface area contributed by atoms with E-state index in [4.69, 9.17) is 8.83 Å². The minimum absolute atomic E-state index is 0.447. The van der Waals surface area contributed by atoms with Crippen LogP contribution in [0.15, 0.2) is 270 Å². The van der Waals surface area contributed by atoms with E-state index in [1.54, 1.807) is 0 Å². The first kappa shape index (κ1) is 39.9. The van der Waals surface area contributed by atoms with E-state index in [1.807, 2.05) is 24.3 Å². The van der Waals surface area contributed by atoms with E-state index < -0.39 is 5.41 Å². The van der Waals surface area contributed by atoms with Gasteiger partial charge >= 0.3 is 0 Å². The molecule has 0 N–H and O–H groups in total. The number of rotatable bonds is 8. The third kappa shape index (κ3) is 6.22. The van der Waals surface area contributed by atoms with Gasteiger partial charge in [-0.1, -0.05) is 194 Å². The largest absolute Gasteiger partial charge is 0.456 e. The summed E-state index contributed by atoms with van der Waals surface area (Å²) in [6, 6.07) is 94.3. The van der Waals surface area contributed by atoms with Crippen LogP contribution in [-0.4, -0.2) is 0 Å². The highest BCUT2D eigenvalue weighted by molar-refractivity contribution is 6.10. The van der Waals surface area contributed by atoms with Gasteiger partial charge in [0.2, 0.25) is 0 Å². The van der Waals surface area contributed by atoms with Gasteiger partial charge in [0, 0.05) is 44.2 Å². The molecule has 0 spiro atoms. The predicted octanol–water partition coefficient (Wildman–Crippen LogP) is 18.3. The second-order valence-electron chi connectivity index (χ2n) is 18.4. The summed E-state index contributed by atoms with van der Waals surface area (Å²) in [7, 11) is 0. The first-order chi connectivity index (χ1) is 34.7. The molecule has 14 rings (SSSR count). The van der Waals surface area contributed by atoms with Crippen LogP contribution in [0.4, 0.5) is 17.1 Å². The Morgan fingerprint density at radius 3 is 1.53 bits per heavy atom. The predicted molar refractivity (Wildman–Crippen MR) is 289 cm³/mol. The van der Waals surface area contributed by atoms with E-state index in [0.29, 0.717) is 0 Å². The molecule has 2 heterocycles. The van der Waals surface area contributed by atoms with E-state index >= 15 is 0 Å². The highest BCUT2D eigenvalue weighted by atomic mass is 16.3. The molecule has 1 aliphatic rings. The second kappa shape index (κ2) is 16.0. The molecule has 3 heteroatoms. The molecule has 0 fully saturated rings. The fourth-order valence-electron chi connectivity index (χ4n) is 11.4. The van der Waals surface area contributed by atoms with Crippen molar-refractivity contribution < 1.29 is 8.83 Å². The highest BCUT2D eigenvalue weighted by Crippen LogP contribution is 2.57. The second-order valence-corrected chi connectivity index (χ2v) is 18.4. The SMILES string of the molecule is c1ccc(C2(c3ccccc3)c3ccccc3-c3cc(-c4cccc(N(c5ccc(-c6ccc7c(c6)oc6ccccc67)cc5)c5ccc(-c6cccc7c6oc6ccccc67)cc5)c4)ccc32)cc1. The monoisotopic (exact) mass is 893 g/mol. The molecule has 0 saturated carbocycles. The smallest absolute Gasteiger partial charge is 0.143 e. The van der Waals surface area contributed by atoms with Crippen molar-refractivity contribution in [2.75, 3.05) is 4.90 Å². The summed E-state index contributed by atoms with van der Waals surface area (Å²) in [5.74, 6) is 0. The Hall–Kier alpha value is -9.18. The van der Waals surface area contributed by atoms with Gasteiger partial charge in [0.25, 0.3) is 0 Å². The topological polar surface area (TPSA) is 29.5 Å². The van der Waals surface area contributed by atoms with E-state index in [0.717, 1.165) is 94.3 Å². The molecule has 3 nitrogen and oxygen atoms in total. The Bertz CT molecular complexity index is 4070. The molecule has 11 aromatic carbocycles. The maximum Gasteiger partial charge on any atom is 0.143 e. The summed E-state index contributed by atoms with van der Waals surface area (Å²) in [5.41, 5.74) is 20.7. The van der Waals surface area contributed by atoms with Crippen LogP contribution >= 0.6 is 0 Å². The fourth-order valence-corrected chi connectivity index (χ4v) is 11.4. The molecule has 0 aliphatic heterocycles. The molecule has 0 amide bonds. The Morgan fingerprint density at radius 2 is 0.786 bits per heavy atom. The zero-order valence-corrected chi connectivity index (χ0v) is 38.1. The van der Waals surface area contributed by atoms with Crippen LogP contribution < -0.4 is 4.90 Å². The number of hydrogen-bond donors (Lipinski definition) is 0. The van der Waals surface area contributed by atoms with Crippen molar-refractivity contribution >= 4 is 60.9 Å². The van der Waals surface area contributed by atoms with Crippen LogP contribution in [0.1, 0.15) is 22.3 Å². The van der Waals surface area contributed by atoms with Crippen molar-refractivity contribution in [3.05, 3.63) is 283 Å². The van der Waals surface area contributed by atoms with Crippen LogP contribution in [0.5, 0.6) is 0 Å². The van der Waals surface area contributed by atoms with Gasteiger partial charge in [-0.3, -0.25) is 0 Å². The van der Waals surface area contributed by atoms with E-state index in [2.05, 4.69) is 241 Å². The standard InChI is InChI=1S/C67H43NO2/c1-3-16-49(17-4-1)67(50-18-5-2-6-19-50)61-26-10-7-21-55(61)60-42-47(34-40-62(60)67)46-15-13-20-53(41-46)68(51-35-29-44(30-36-51)48-33-39-58-56-22-8-11-27-63(56)69-65(58)43-48)52-37-31-45(32-38-52)54-24-14-25-59-57-23-9-12-28-64(57)70-66(54)59/h1-43H. The number of nitrogens with zero attached hydrogens (tertiary/aromatic N) is 1. The molecular formula is C67H43NO2. The normalized spacial score (nSPS) is 12.7. The van der Waals surface area contributed by atoms with Crippen LogP contribution in [0.2, 0.25) is 0 Å². The zero-order chi connectivity index (χ0) is 46.2. The van der Waals surface area contributed by atoms with Gasteiger partial charge < -0.3 is 13.7 Å². The Balaban J connectivity index is 0.884. The van der Waals surface area contributed by atoms with Crippen LogP contribution in [0, 0.1) is 0 Å². The average Bonchev–Trinajstić information content (AvgIpc) is 4.10. The summed E-state index contributed by atoms with van der Waals surface area (Å²) in [4.78, 5) is 2.36. The van der Waals surface area contributed by atoms with Gasteiger partial charge in [-0.25, -0.2) is 0 Å². The average molecular weight is 894 g/mol.